The topological polar surface area (TPSA) is 31.2 Å². The zero-order valence-electron chi connectivity index (χ0n) is 32.1. The molecule has 3 aliphatic rings. The summed E-state index contributed by atoms with van der Waals surface area (Å²) in [5, 5.41) is 0. The van der Waals surface area contributed by atoms with Crippen LogP contribution in [0.2, 0.25) is 0 Å². The molecule has 0 aromatic heterocycles. The van der Waals surface area contributed by atoms with Gasteiger partial charge in [-0.25, -0.2) is 0 Å². The molecule has 0 N–H and O–H groups in total. The Balaban J connectivity index is 1.14. The van der Waals surface area contributed by atoms with Gasteiger partial charge in [0.1, 0.15) is 0 Å². The van der Waals surface area contributed by atoms with E-state index in [2.05, 4.69) is 152 Å². The zero-order chi connectivity index (χ0) is 35.6. The number of hydrogen-bond acceptors (Lipinski definition) is 4. The second kappa shape index (κ2) is 12.5. The number of anilines is 2. The van der Waals surface area contributed by atoms with Crippen molar-refractivity contribution in [1.29, 1.82) is 0 Å². The Morgan fingerprint density at radius 3 is 1.40 bits per heavy atom. The number of hydrogen-bond donors (Lipinski definition) is 0. The molecule has 2 atom stereocenters. The third kappa shape index (κ3) is 5.60. The predicted octanol–water partition coefficient (Wildman–Crippen LogP) is 11.3. The summed E-state index contributed by atoms with van der Waals surface area (Å²) in [5.74, 6) is 0. The smallest absolute Gasteiger partial charge is 0.0659 e. The van der Waals surface area contributed by atoms with Crippen LogP contribution < -0.4 is 9.80 Å². The van der Waals surface area contributed by atoms with E-state index in [0.717, 1.165) is 22.5 Å². The summed E-state index contributed by atoms with van der Waals surface area (Å²) >= 11 is 0. The molecule has 4 heteroatoms. The molecule has 7 rings (SSSR count). The number of nitrogens with zero attached hydrogens (tertiary/aromatic N) is 4. The van der Waals surface area contributed by atoms with Crippen LogP contribution in [-0.4, -0.2) is 38.6 Å². The first-order valence-corrected chi connectivity index (χ1v) is 18.8. The molecule has 0 bridgehead atoms. The highest BCUT2D eigenvalue weighted by atomic mass is 15.2. The first-order chi connectivity index (χ1) is 23.7. The van der Waals surface area contributed by atoms with Gasteiger partial charge in [-0.2, -0.15) is 0 Å². The van der Waals surface area contributed by atoms with Gasteiger partial charge in [-0.05, 0) is 121 Å². The molecule has 50 heavy (non-hydrogen) atoms. The number of likely N-dealkylation sites (N-methyl/N-ethyl adjacent to an activating group) is 2. The van der Waals surface area contributed by atoms with Gasteiger partial charge in [-0.3, -0.25) is 9.98 Å². The van der Waals surface area contributed by atoms with Crippen molar-refractivity contribution in [2.75, 3.05) is 23.9 Å². The Hall–Kier alpha value is -4.18. The molecule has 1 fully saturated rings. The summed E-state index contributed by atoms with van der Waals surface area (Å²) < 4.78 is 0. The maximum atomic E-state index is 5.02. The van der Waals surface area contributed by atoms with Crippen LogP contribution in [0.3, 0.4) is 0 Å². The highest BCUT2D eigenvalue weighted by Crippen LogP contribution is 2.48. The SMILES string of the molecule is Cc1cc(C2(c3ccc(N=Cc4ccc5c(c4)C(C)(C)[C@H](C)N5C)c(C)c3)CCCCC2)ccc1N=Cc1ccc2c(c1)C(C)(C)[C@H](C)N2C. The fourth-order valence-electron chi connectivity index (χ4n) is 9.13. The molecule has 4 nitrogen and oxygen atoms in total. The van der Waals surface area contributed by atoms with Crippen molar-refractivity contribution in [2.24, 2.45) is 9.98 Å². The lowest BCUT2D eigenvalue weighted by Gasteiger charge is -2.39. The fourth-order valence-corrected chi connectivity index (χ4v) is 9.13. The number of fused-ring (bicyclic) bond motifs is 2. The third-order valence-corrected chi connectivity index (χ3v) is 13.4. The molecule has 0 saturated heterocycles. The van der Waals surface area contributed by atoms with E-state index in [0.29, 0.717) is 12.1 Å². The van der Waals surface area contributed by atoms with Crippen molar-refractivity contribution in [3.63, 3.8) is 0 Å². The lowest BCUT2D eigenvalue weighted by atomic mass is 9.65. The lowest BCUT2D eigenvalue weighted by Crippen LogP contribution is -2.36. The summed E-state index contributed by atoms with van der Waals surface area (Å²) in [7, 11) is 4.41. The van der Waals surface area contributed by atoms with Crippen LogP contribution in [-0.2, 0) is 16.2 Å². The van der Waals surface area contributed by atoms with Crippen LogP contribution in [0.5, 0.6) is 0 Å². The van der Waals surface area contributed by atoms with Crippen LogP contribution in [0.4, 0.5) is 22.7 Å². The average Bonchev–Trinajstić information content (AvgIpc) is 3.39. The van der Waals surface area contributed by atoms with Crippen LogP contribution in [0.25, 0.3) is 0 Å². The highest BCUT2D eigenvalue weighted by Gasteiger charge is 2.41. The Labute approximate surface area is 301 Å². The van der Waals surface area contributed by atoms with Crippen molar-refractivity contribution in [1.82, 2.24) is 0 Å². The summed E-state index contributed by atoms with van der Waals surface area (Å²) in [4.78, 5) is 14.8. The van der Waals surface area contributed by atoms with Crippen molar-refractivity contribution in [3.05, 3.63) is 117 Å². The van der Waals surface area contributed by atoms with Gasteiger partial charge < -0.3 is 9.80 Å². The van der Waals surface area contributed by atoms with Crippen LogP contribution in [0.1, 0.15) is 118 Å². The average molecular weight is 665 g/mol. The molecule has 2 heterocycles. The molecular formula is C46H56N4. The van der Waals surface area contributed by atoms with Gasteiger partial charge in [0.15, 0.2) is 0 Å². The van der Waals surface area contributed by atoms with Crippen LogP contribution in [0, 0.1) is 13.8 Å². The quantitative estimate of drug-likeness (QED) is 0.192. The molecule has 1 aliphatic carbocycles. The minimum atomic E-state index is 0.0147. The van der Waals surface area contributed by atoms with E-state index in [1.54, 1.807) is 0 Å². The molecule has 1 saturated carbocycles. The van der Waals surface area contributed by atoms with Gasteiger partial charge in [0.25, 0.3) is 0 Å². The predicted molar refractivity (Wildman–Crippen MR) is 215 cm³/mol. The maximum Gasteiger partial charge on any atom is 0.0659 e. The molecule has 260 valence electrons. The van der Waals surface area contributed by atoms with E-state index in [9.17, 15) is 0 Å². The normalized spacial score (nSPS) is 22.0. The molecule has 2 aliphatic heterocycles. The minimum absolute atomic E-state index is 0.0147. The minimum Gasteiger partial charge on any atom is -0.371 e. The van der Waals surface area contributed by atoms with Gasteiger partial charge in [-0.1, -0.05) is 83.4 Å². The zero-order valence-corrected chi connectivity index (χ0v) is 32.1. The first kappa shape index (κ1) is 34.3. The second-order valence-electron chi connectivity index (χ2n) is 16.7. The molecule has 0 unspecified atom stereocenters. The molecular weight excluding hydrogens is 609 g/mol. The van der Waals surface area contributed by atoms with Crippen molar-refractivity contribution in [3.8, 4) is 0 Å². The molecule has 4 aromatic carbocycles. The summed E-state index contributed by atoms with van der Waals surface area (Å²) in [6.07, 6.45) is 10.2. The van der Waals surface area contributed by atoms with Gasteiger partial charge in [-0.15, -0.1) is 0 Å². The fraction of sp³-hybridized carbons (Fsp3) is 0.435. The molecule has 0 radical (unpaired) electrons. The Morgan fingerprint density at radius 2 is 1.00 bits per heavy atom. The maximum absolute atomic E-state index is 5.02. The number of benzene rings is 4. The molecule has 0 amide bonds. The van der Waals surface area contributed by atoms with E-state index in [4.69, 9.17) is 9.98 Å². The van der Waals surface area contributed by atoms with Crippen LogP contribution >= 0.6 is 0 Å². The van der Waals surface area contributed by atoms with Gasteiger partial charge in [0.05, 0.1) is 11.4 Å². The molecule has 4 aromatic rings. The van der Waals surface area contributed by atoms with Gasteiger partial charge >= 0.3 is 0 Å². The highest BCUT2D eigenvalue weighted by molar-refractivity contribution is 5.85. The third-order valence-electron chi connectivity index (χ3n) is 13.4. The largest absolute Gasteiger partial charge is 0.371 e. The first-order valence-electron chi connectivity index (χ1n) is 18.8. The second-order valence-corrected chi connectivity index (χ2v) is 16.7. The van der Waals surface area contributed by atoms with Crippen molar-refractivity contribution >= 4 is 35.2 Å². The lowest BCUT2D eigenvalue weighted by molar-refractivity contribution is 0.346. The summed E-state index contributed by atoms with van der Waals surface area (Å²) in [6.45, 7) is 18.5. The number of aryl methyl sites for hydroxylation is 2. The molecule has 0 spiro atoms. The summed E-state index contributed by atoms with van der Waals surface area (Å²) in [5.41, 5.74) is 15.4. The van der Waals surface area contributed by atoms with Crippen LogP contribution in [0.15, 0.2) is 82.8 Å². The standard InChI is InChI=1S/C46H56N4/c1-30-24-36(16-18-40(30)47-28-34-14-20-42-38(26-34)44(5,6)32(3)49(42)9)46(22-12-11-13-23-46)37-17-19-41(31(2)25-37)48-29-35-15-21-43-39(27-35)45(7,8)33(4)50(43)10/h14-21,24-29,32-33H,11-13,22-23H2,1-10H3/t32-,33-/m0/s1. The monoisotopic (exact) mass is 664 g/mol. The number of aliphatic imine (C=N–C) groups is 2. The van der Waals surface area contributed by atoms with E-state index in [-0.39, 0.29) is 16.2 Å². The summed E-state index contributed by atoms with van der Waals surface area (Å²) in [6, 6.07) is 28.5. The van der Waals surface area contributed by atoms with E-state index in [1.165, 1.54) is 76.9 Å². The van der Waals surface area contributed by atoms with Gasteiger partial charge in [0, 0.05) is 66.2 Å². The Morgan fingerprint density at radius 1 is 0.580 bits per heavy atom. The Kier molecular flexibility index (Phi) is 8.60. The van der Waals surface area contributed by atoms with E-state index < -0.39 is 0 Å². The van der Waals surface area contributed by atoms with E-state index >= 15 is 0 Å². The van der Waals surface area contributed by atoms with Crippen molar-refractivity contribution < 1.29 is 0 Å². The van der Waals surface area contributed by atoms with Crippen molar-refractivity contribution in [2.45, 2.75) is 116 Å². The van der Waals surface area contributed by atoms with E-state index in [1.807, 2.05) is 12.4 Å². The Bertz CT molecular complexity index is 1850. The number of rotatable bonds is 6. The van der Waals surface area contributed by atoms with Gasteiger partial charge in [0.2, 0.25) is 0 Å².